The van der Waals surface area contributed by atoms with E-state index in [4.69, 9.17) is 20.7 Å². The third-order valence-electron chi connectivity index (χ3n) is 7.81. The Balaban J connectivity index is 1.23. The number of thiazole rings is 1. The van der Waals surface area contributed by atoms with Gasteiger partial charge >= 0.3 is 0 Å². The number of aryl methyl sites for hydroxylation is 3. The molecule has 37 heavy (non-hydrogen) atoms. The number of piperazine rings is 1. The van der Waals surface area contributed by atoms with Crippen LogP contribution in [0.1, 0.15) is 45.0 Å². The summed E-state index contributed by atoms with van der Waals surface area (Å²) >= 11 is 1.78. The largest absolute Gasteiger partial charge is 0.366 e. The van der Waals surface area contributed by atoms with Crippen molar-refractivity contribution in [1.29, 1.82) is 0 Å². The number of benzene rings is 1. The zero-order chi connectivity index (χ0) is 25.5. The van der Waals surface area contributed by atoms with Crippen LogP contribution < -0.4 is 10.6 Å². The minimum Gasteiger partial charge on any atom is -0.366 e. The van der Waals surface area contributed by atoms with E-state index in [0.717, 1.165) is 79.7 Å². The molecule has 5 heterocycles. The van der Waals surface area contributed by atoms with Crippen LogP contribution in [0.3, 0.4) is 0 Å². The van der Waals surface area contributed by atoms with Crippen LogP contribution in [0.15, 0.2) is 30.6 Å². The summed E-state index contributed by atoms with van der Waals surface area (Å²) in [4.78, 5) is 32.3. The molecule has 0 radical (unpaired) electrons. The zero-order valence-corrected chi connectivity index (χ0v) is 22.4. The lowest BCUT2D eigenvalue weighted by molar-refractivity contribution is 0.1000. The molecule has 9 heteroatoms. The highest BCUT2D eigenvalue weighted by Gasteiger charge is 2.29. The summed E-state index contributed by atoms with van der Waals surface area (Å²) in [6, 6.07) is 7.66. The highest BCUT2D eigenvalue weighted by atomic mass is 32.1. The molecule has 0 unspecified atom stereocenters. The van der Waals surface area contributed by atoms with E-state index in [1.165, 1.54) is 34.5 Å². The van der Waals surface area contributed by atoms with Crippen molar-refractivity contribution in [3.8, 4) is 10.6 Å². The number of hydrogen-bond acceptors (Lipinski definition) is 7. The molecule has 1 aromatic carbocycles. The Hall–Kier alpha value is -3.30. The quantitative estimate of drug-likeness (QED) is 0.418. The van der Waals surface area contributed by atoms with Gasteiger partial charge < -0.3 is 15.2 Å². The van der Waals surface area contributed by atoms with Crippen LogP contribution in [-0.4, -0.2) is 63.0 Å². The normalized spacial score (nSPS) is 16.3. The lowest BCUT2D eigenvalue weighted by Gasteiger charge is -2.35. The van der Waals surface area contributed by atoms with Gasteiger partial charge in [0.15, 0.2) is 5.82 Å². The van der Waals surface area contributed by atoms with Crippen molar-refractivity contribution >= 4 is 34.1 Å². The maximum Gasteiger partial charge on any atom is 0.248 e. The summed E-state index contributed by atoms with van der Waals surface area (Å²) in [5, 5.41) is 1.09. The fourth-order valence-electron chi connectivity index (χ4n) is 5.66. The second-order valence-electron chi connectivity index (χ2n) is 10.1. The van der Waals surface area contributed by atoms with Crippen molar-refractivity contribution in [2.24, 2.45) is 5.73 Å². The average molecular weight is 516 g/mol. The number of fused-ring (bicyclic) bond motifs is 3. The Morgan fingerprint density at radius 3 is 2.68 bits per heavy atom. The highest BCUT2D eigenvalue weighted by Crippen LogP contribution is 2.41. The molecular formula is C28H33N7OS. The zero-order valence-electron chi connectivity index (χ0n) is 21.5. The van der Waals surface area contributed by atoms with Crippen LogP contribution in [-0.2, 0) is 19.4 Å². The Bertz CT molecular complexity index is 1450. The van der Waals surface area contributed by atoms with Crippen molar-refractivity contribution < 1.29 is 4.79 Å². The number of hydrogen-bond donors (Lipinski definition) is 1. The number of carbonyl (C=O) groups is 1. The van der Waals surface area contributed by atoms with Gasteiger partial charge in [-0.1, -0.05) is 12.1 Å². The van der Waals surface area contributed by atoms with Crippen molar-refractivity contribution in [2.45, 2.75) is 46.1 Å². The molecule has 2 N–H and O–H groups in total. The molecule has 2 aliphatic rings. The Morgan fingerprint density at radius 2 is 1.92 bits per heavy atom. The topological polar surface area (TPSA) is 93.2 Å². The van der Waals surface area contributed by atoms with E-state index >= 15 is 0 Å². The Labute approximate surface area is 221 Å². The summed E-state index contributed by atoms with van der Waals surface area (Å²) < 4.78 is 2.48. The van der Waals surface area contributed by atoms with Crippen LogP contribution in [0, 0.1) is 13.8 Å². The van der Waals surface area contributed by atoms with E-state index in [1.807, 2.05) is 12.1 Å². The minimum atomic E-state index is -0.373. The first-order valence-corrected chi connectivity index (χ1v) is 14.0. The van der Waals surface area contributed by atoms with Crippen LogP contribution >= 0.6 is 11.3 Å². The van der Waals surface area contributed by atoms with Gasteiger partial charge in [0.2, 0.25) is 5.91 Å². The Kier molecular flexibility index (Phi) is 6.42. The standard InChI is InChI=1S/C28H33N7OS/c1-18-19(2)37-28(32-18)23-22-8-3-4-10-35(22)25-24(23)30-17-31-27(25)34-14-12-33(13-15-34)11-9-20-6-5-7-21(16-20)26(29)36/h5-7,16-17H,3-4,8-15H2,1-2H3,(H2,29,36). The van der Waals surface area contributed by atoms with Crippen molar-refractivity contribution in [3.63, 3.8) is 0 Å². The number of carbonyl (C=O) groups excluding carboxylic acids is 1. The van der Waals surface area contributed by atoms with Gasteiger partial charge in [0.1, 0.15) is 22.4 Å². The molecule has 1 saturated heterocycles. The molecule has 0 bridgehead atoms. The number of nitrogens with zero attached hydrogens (tertiary/aromatic N) is 6. The minimum absolute atomic E-state index is 0.373. The van der Waals surface area contributed by atoms with Gasteiger partial charge in [0.05, 0.1) is 11.3 Å². The third-order valence-corrected chi connectivity index (χ3v) is 8.90. The number of primary amides is 1. The van der Waals surface area contributed by atoms with Gasteiger partial charge in [0, 0.05) is 55.4 Å². The highest BCUT2D eigenvalue weighted by molar-refractivity contribution is 7.15. The molecule has 8 nitrogen and oxygen atoms in total. The summed E-state index contributed by atoms with van der Waals surface area (Å²) in [5.41, 5.74) is 13.1. The molecule has 4 aromatic rings. The van der Waals surface area contributed by atoms with Crippen LogP contribution in [0.25, 0.3) is 21.6 Å². The van der Waals surface area contributed by atoms with Crippen molar-refractivity contribution in [2.75, 3.05) is 37.6 Å². The summed E-state index contributed by atoms with van der Waals surface area (Å²) in [5.74, 6) is 0.681. The number of anilines is 1. The van der Waals surface area contributed by atoms with E-state index in [1.54, 1.807) is 23.7 Å². The van der Waals surface area contributed by atoms with Gasteiger partial charge in [-0.15, -0.1) is 11.3 Å². The average Bonchev–Trinajstić information content (AvgIpc) is 3.43. The van der Waals surface area contributed by atoms with Gasteiger partial charge in [0.25, 0.3) is 0 Å². The molecule has 192 valence electrons. The van der Waals surface area contributed by atoms with Gasteiger partial charge in [-0.25, -0.2) is 15.0 Å². The third kappa shape index (κ3) is 4.51. The first-order valence-electron chi connectivity index (χ1n) is 13.2. The second kappa shape index (κ2) is 9.87. The van der Waals surface area contributed by atoms with E-state index in [9.17, 15) is 4.79 Å². The summed E-state index contributed by atoms with van der Waals surface area (Å²) in [6.45, 7) is 10.0. The molecule has 1 fully saturated rings. The van der Waals surface area contributed by atoms with Crippen LogP contribution in [0.5, 0.6) is 0 Å². The molecule has 6 rings (SSSR count). The number of amides is 1. The van der Waals surface area contributed by atoms with E-state index in [0.29, 0.717) is 5.56 Å². The predicted molar refractivity (Wildman–Crippen MR) is 148 cm³/mol. The van der Waals surface area contributed by atoms with Crippen LogP contribution in [0.4, 0.5) is 5.82 Å². The number of aromatic nitrogens is 4. The maximum absolute atomic E-state index is 11.5. The van der Waals surface area contributed by atoms with Crippen molar-refractivity contribution in [1.82, 2.24) is 24.4 Å². The number of nitrogens with two attached hydrogens (primary N) is 1. The maximum atomic E-state index is 11.5. The second-order valence-corrected chi connectivity index (χ2v) is 11.3. The fraction of sp³-hybridized carbons (Fsp3) is 0.429. The van der Waals surface area contributed by atoms with E-state index in [2.05, 4.69) is 34.3 Å². The Morgan fingerprint density at radius 1 is 1.08 bits per heavy atom. The van der Waals surface area contributed by atoms with Gasteiger partial charge in [-0.3, -0.25) is 9.69 Å². The predicted octanol–water partition coefficient (Wildman–Crippen LogP) is 3.97. The molecule has 0 saturated carbocycles. The molecule has 1 amide bonds. The molecule has 2 aliphatic heterocycles. The lowest BCUT2D eigenvalue weighted by Crippen LogP contribution is -2.47. The fourth-order valence-corrected chi connectivity index (χ4v) is 6.65. The first-order chi connectivity index (χ1) is 18.0. The van der Waals surface area contributed by atoms with Crippen LogP contribution in [0.2, 0.25) is 0 Å². The molecule has 0 spiro atoms. The first kappa shape index (κ1) is 24.1. The molecule has 0 atom stereocenters. The van der Waals surface area contributed by atoms with E-state index in [-0.39, 0.29) is 5.91 Å². The molecule has 0 aliphatic carbocycles. The summed E-state index contributed by atoms with van der Waals surface area (Å²) in [7, 11) is 0. The summed E-state index contributed by atoms with van der Waals surface area (Å²) in [6.07, 6.45) is 6.09. The monoisotopic (exact) mass is 515 g/mol. The lowest BCUT2D eigenvalue weighted by atomic mass is 10.1. The molecule has 3 aromatic heterocycles. The van der Waals surface area contributed by atoms with Crippen molar-refractivity contribution in [3.05, 3.63) is 58.0 Å². The SMILES string of the molecule is Cc1nc(-c2c3n(c4c(N5CCN(CCc6cccc(C(N)=O)c6)CC5)ncnc24)CCCC3)sc1C. The van der Waals surface area contributed by atoms with Gasteiger partial charge in [-0.2, -0.15) is 0 Å². The smallest absolute Gasteiger partial charge is 0.248 e. The molecular weight excluding hydrogens is 482 g/mol. The number of rotatable bonds is 6. The van der Waals surface area contributed by atoms with Gasteiger partial charge in [-0.05, 0) is 57.2 Å². The van der Waals surface area contributed by atoms with E-state index < -0.39 is 0 Å².